The molecule has 0 aliphatic heterocycles. The lowest BCUT2D eigenvalue weighted by atomic mass is 10.1. The first-order valence-corrected chi connectivity index (χ1v) is 6.85. The summed E-state index contributed by atoms with van der Waals surface area (Å²) >= 11 is 3.30. The van der Waals surface area contributed by atoms with Crippen LogP contribution in [0.1, 0.15) is 21.5 Å². The third kappa shape index (κ3) is 3.81. The van der Waals surface area contributed by atoms with Gasteiger partial charge in [0, 0.05) is 10.0 Å². The maximum absolute atomic E-state index is 11.5. The summed E-state index contributed by atoms with van der Waals surface area (Å²) < 4.78 is 6.44. The quantitative estimate of drug-likeness (QED) is 0.506. The Morgan fingerprint density at radius 1 is 1.33 bits per heavy atom. The van der Waals surface area contributed by atoms with E-state index in [4.69, 9.17) is 15.8 Å². The topological polar surface area (TPSA) is 88.1 Å². The van der Waals surface area contributed by atoms with Gasteiger partial charge in [-0.05, 0) is 35.9 Å². The molecule has 1 amide bonds. The number of rotatable bonds is 4. The van der Waals surface area contributed by atoms with Crippen LogP contribution < -0.4 is 16.0 Å². The molecule has 2 aromatic carbocycles. The third-order valence-electron chi connectivity index (χ3n) is 2.78. The van der Waals surface area contributed by atoms with Gasteiger partial charge >= 0.3 is 0 Å². The number of carbonyl (C=O) groups excluding carboxylic acids is 1. The van der Waals surface area contributed by atoms with Gasteiger partial charge in [0.05, 0.1) is 5.56 Å². The van der Waals surface area contributed by atoms with E-state index in [0.717, 1.165) is 10.0 Å². The highest BCUT2D eigenvalue weighted by Gasteiger charge is 2.07. The zero-order valence-electron chi connectivity index (χ0n) is 11.0. The standard InChI is InChI=1S/C15H12BrN3O2/c16-13-4-5-14(12(7-13)8-17)21-9-10-2-1-3-11(6-10)15(20)19-18/h1-7H,9,18H2,(H,19,20). The summed E-state index contributed by atoms with van der Waals surface area (Å²) in [6.07, 6.45) is 0. The van der Waals surface area contributed by atoms with Crippen molar-refractivity contribution in [3.05, 3.63) is 63.6 Å². The predicted molar refractivity (Wildman–Crippen MR) is 81.3 cm³/mol. The van der Waals surface area contributed by atoms with E-state index in [-0.39, 0.29) is 12.5 Å². The zero-order valence-corrected chi connectivity index (χ0v) is 12.6. The highest BCUT2D eigenvalue weighted by molar-refractivity contribution is 9.10. The molecule has 0 aliphatic carbocycles. The van der Waals surface area contributed by atoms with Gasteiger partial charge in [-0.2, -0.15) is 5.26 Å². The van der Waals surface area contributed by atoms with Crippen molar-refractivity contribution < 1.29 is 9.53 Å². The van der Waals surface area contributed by atoms with Crippen LogP contribution in [0.4, 0.5) is 0 Å². The van der Waals surface area contributed by atoms with E-state index in [9.17, 15) is 4.79 Å². The SMILES string of the molecule is N#Cc1cc(Br)ccc1OCc1cccc(C(=O)NN)c1. The van der Waals surface area contributed by atoms with Crippen molar-refractivity contribution >= 4 is 21.8 Å². The van der Waals surface area contributed by atoms with Crippen LogP contribution in [0.2, 0.25) is 0 Å². The summed E-state index contributed by atoms with van der Waals surface area (Å²) in [4.78, 5) is 11.5. The van der Waals surface area contributed by atoms with E-state index in [1.54, 1.807) is 36.4 Å². The van der Waals surface area contributed by atoms with Gasteiger partial charge in [0.2, 0.25) is 0 Å². The fourth-order valence-electron chi connectivity index (χ4n) is 1.76. The molecule has 2 rings (SSSR count). The van der Waals surface area contributed by atoms with Crippen molar-refractivity contribution in [3.8, 4) is 11.8 Å². The largest absolute Gasteiger partial charge is 0.488 e. The molecule has 5 nitrogen and oxygen atoms in total. The smallest absolute Gasteiger partial charge is 0.265 e. The molecule has 0 heterocycles. The molecule has 6 heteroatoms. The van der Waals surface area contributed by atoms with Gasteiger partial charge in [-0.25, -0.2) is 5.84 Å². The number of benzene rings is 2. The Balaban J connectivity index is 2.14. The van der Waals surface area contributed by atoms with Crippen molar-refractivity contribution in [1.29, 1.82) is 5.26 Å². The maximum Gasteiger partial charge on any atom is 0.265 e. The Hall–Kier alpha value is -2.36. The second kappa shape index (κ2) is 6.88. The number of amides is 1. The lowest BCUT2D eigenvalue weighted by Gasteiger charge is -2.09. The molecule has 0 saturated carbocycles. The first-order chi connectivity index (χ1) is 10.1. The van der Waals surface area contributed by atoms with Crippen molar-refractivity contribution in [2.75, 3.05) is 0 Å². The molecule has 0 fully saturated rings. The Kier molecular flexibility index (Phi) is 4.93. The Morgan fingerprint density at radius 2 is 2.14 bits per heavy atom. The van der Waals surface area contributed by atoms with E-state index < -0.39 is 0 Å². The Labute approximate surface area is 130 Å². The molecule has 0 spiro atoms. The number of carbonyl (C=O) groups is 1. The van der Waals surface area contributed by atoms with E-state index in [0.29, 0.717) is 16.9 Å². The molecule has 0 unspecified atom stereocenters. The fourth-order valence-corrected chi connectivity index (χ4v) is 2.12. The molecule has 0 bridgehead atoms. The minimum Gasteiger partial charge on any atom is -0.488 e. The molecule has 3 N–H and O–H groups in total. The average Bonchev–Trinajstić information content (AvgIpc) is 2.53. The van der Waals surface area contributed by atoms with E-state index >= 15 is 0 Å². The van der Waals surface area contributed by atoms with Crippen LogP contribution in [0.5, 0.6) is 5.75 Å². The second-order valence-electron chi connectivity index (χ2n) is 4.21. The van der Waals surface area contributed by atoms with Crippen molar-refractivity contribution in [2.24, 2.45) is 5.84 Å². The summed E-state index contributed by atoms with van der Waals surface area (Å²) in [6.45, 7) is 0.252. The number of nitrogens with two attached hydrogens (primary N) is 1. The van der Waals surface area contributed by atoms with E-state index in [2.05, 4.69) is 27.4 Å². The molecule has 0 aliphatic rings. The lowest BCUT2D eigenvalue weighted by molar-refractivity contribution is 0.0953. The van der Waals surface area contributed by atoms with Crippen LogP contribution >= 0.6 is 15.9 Å². The van der Waals surface area contributed by atoms with Crippen LogP contribution in [-0.2, 0) is 6.61 Å². The monoisotopic (exact) mass is 345 g/mol. The van der Waals surface area contributed by atoms with Gasteiger partial charge in [-0.15, -0.1) is 0 Å². The zero-order chi connectivity index (χ0) is 15.2. The maximum atomic E-state index is 11.5. The highest BCUT2D eigenvalue weighted by atomic mass is 79.9. The Morgan fingerprint density at radius 3 is 2.86 bits per heavy atom. The first-order valence-electron chi connectivity index (χ1n) is 6.06. The second-order valence-corrected chi connectivity index (χ2v) is 5.13. The number of nitrogens with zero attached hydrogens (tertiary/aromatic N) is 1. The molecular formula is C15H12BrN3O2. The Bertz CT molecular complexity index is 710. The number of ether oxygens (including phenoxy) is 1. The molecule has 0 aromatic heterocycles. The van der Waals surface area contributed by atoms with Gasteiger partial charge in [-0.1, -0.05) is 28.1 Å². The van der Waals surface area contributed by atoms with Crippen LogP contribution in [0.15, 0.2) is 46.9 Å². The van der Waals surface area contributed by atoms with Gasteiger partial charge in [0.25, 0.3) is 5.91 Å². The van der Waals surface area contributed by atoms with Crippen molar-refractivity contribution in [2.45, 2.75) is 6.61 Å². The summed E-state index contributed by atoms with van der Waals surface area (Å²) in [5.41, 5.74) is 3.79. The van der Waals surface area contributed by atoms with E-state index in [1.807, 2.05) is 6.07 Å². The van der Waals surface area contributed by atoms with Gasteiger partial charge in [-0.3, -0.25) is 10.2 Å². The lowest BCUT2D eigenvalue weighted by Crippen LogP contribution is -2.30. The highest BCUT2D eigenvalue weighted by Crippen LogP contribution is 2.23. The fraction of sp³-hybridized carbons (Fsp3) is 0.0667. The molecule has 0 radical (unpaired) electrons. The number of hydrogen-bond acceptors (Lipinski definition) is 4. The van der Waals surface area contributed by atoms with Crippen LogP contribution in [-0.4, -0.2) is 5.91 Å². The molecule has 21 heavy (non-hydrogen) atoms. The van der Waals surface area contributed by atoms with Crippen LogP contribution in [0.25, 0.3) is 0 Å². The third-order valence-corrected chi connectivity index (χ3v) is 3.27. The minimum absolute atomic E-state index is 0.252. The van der Waals surface area contributed by atoms with Crippen LogP contribution in [0.3, 0.4) is 0 Å². The first kappa shape index (κ1) is 15.0. The van der Waals surface area contributed by atoms with Gasteiger partial charge < -0.3 is 4.74 Å². The minimum atomic E-state index is -0.363. The summed E-state index contributed by atoms with van der Waals surface area (Å²) in [5, 5.41) is 9.07. The summed E-state index contributed by atoms with van der Waals surface area (Å²) in [6, 6.07) is 14.2. The average molecular weight is 346 g/mol. The van der Waals surface area contributed by atoms with Gasteiger partial charge in [0.1, 0.15) is 18.4 Å². The number of nitrogens with one attached hydrogen (secondary N) is 1. The normalized spacial score (nSPS) is 9.76. The number of hydrogen-bond donors (Lipinski definition) is 2. The number of nitriles is 1. The number of halogens is 1. The molecular weight excluding hydrogens is 334 g/mol. The van der Waals surface area contributed by atoms with Crippen LogP contribution in [0, 0.1) is 11.3 Å². The molecule has 0 saturated heterocycles. The molecule has 106 valence electrons. The van der Waals surface area contributed by atoms with Crippen molar-refractivity contribution in [3.63, 3.8) is 0 Å². The van der Waals surface area contributed by atoms with E-state index in [1.165, 1.54) is 0 Å². The number of hydrazine groups is 1. The predicted octanol–water partition coefficient (Wildman–Crippen LogP) is 2.50. The molecule has 0 atom stereocenters. The van der Waals surface area contributed by atoms with Gasteiger partial charge in [0.15, 0.2) is 0 Å². The van der Waals surface area contributed by atoms with Crippen molar-refractivity contribution in [1.82, 2.24) is 5.43 Å². The molecule has 2 aromatic rings. The summed E-state index contributed by atoms with van der Waals surface area (Å²) in [5.74, 6) is 5.23. The number of nitrogen functional groups attached to an aromatic ring is 1. The summed E-state index contributed by atoms with van der Waals surface area (Å²) in [7, 11) is 0.